The van der Waals surface area contributed by atoms with E-state index >= 15 is 0 Å². The average molecular weight is 335 g/mol. The SMILES string of the molecule is CCCCCCNS(=O)(=O)c1ccc(Br)c(N)c1. The first-order valence-corrected chi connectivity index (χ1v) is 8.29. The van der Waals surface area contributed by atoms with Gasteiger partial charge in [0.25, 0.3) is 0 Å². The van der Waals surface area contributed by atoms with Gasteiger partial charge in [-0.25, -0.2) is 13.1 Å². The number of rotatable bonds is 7. The largest absolute Gasteiger partial charge is 0.398 e. The molecule has 102 valence electrons. The molecule has 0 aliphatic rings. The van der Waals surface area contributed by atoms with E-state index in [-0.39, 0.29) is 4.90 Å². The van der Waals surface area contributed by atoms with E-state index in [4.69, 9.17) is 5.73 Å². The third-order valence-electron chi connectivity index (χ3n) is 2.60. The first kappa shape index (κ1) is 15.5. The van der Waals surface area contributed by atoms with Crippen LogP contribution in [0.5, 0.6) is 0 Å². The molecule has 0 heterocycles. The van der Waals surface area contributed by atoms with E-state index in [1.165, 1.54) is 12.1 Å². The molecule has 0 aliphatic carbocycles. The van der Waals surface area contributed by atoms with E-state index in [9.17, 15) is 8.42 Å². The van der Waals surface area contributed by atoms with E-state index in [0.29, 0.717) is 16.7 Å². The Balaban J connectivity index is 2.60. The molecule has 0 aromatic heterocycles. The standard InChI is InChI=1S/C12H19BrN2O2S/c1-2-3-4-5-8-15-18(16,17)10-6-7-11(13)12(14)9-10/h6-7,9,15H,2-5,8,14H2,1H3. The number of nitrogens with one attached hydrogen (secondary N) is 1. The van der Waals surface area contributed by atoms with Gasteiger partial charge < -0.3 is 5.73 Å². The van der Waals surface area contributed by atoms with Gasteiger partial charge in [0.15, 0.2) is 0 Å². The minimum absolute atomic E-state index is 0.207. The summed E-state index contributed by atoms with van der Waals surface area (Å²) in [5.74, 6) is 0. The number of hydrogen-bond donors (Lipinski definition) is 2. The normalized spacial score (nSPS) is 11.7. The van der Waals surface area contributed by atoms with Crippen molar-refractivity contribution in [2.45, 2.75) is 37.5 Å². The molecule has 0 aliphatic heterocycles. The predicted molar refractivity (Wildman–Crippen MR) is 77.9 cm³/mol. The van der Waals surface area contributed by atoms with Crippen molar-refractivity contribution in [1.82, 2.24) is 4.72 Å². The quantitative estimate of drug-likeness (QED) is 0.594. The summed E-state index contributed by atoms with van der Waals surface area (Å²) in [6, 6.07) is 4.63. The van der Waals surface area contributed by atoms with Crippen LogP contribution in [0.25, 0.3) is 0 Å². The van der Waals surface area contributed by atoms with Crippen molar-refractivity contribution in [2.75, 3.05) is 12.3 Å². The zero-order valence-corrected chi connectivity index (χ0v) is 12.9. The zero-order chi connectivity index (χ0) is 13.6. The lowest BCUT2D eigenvalue weighted by molar-refractivity contribution is 0.573. The molecule has 0 atom stereocenters. The van der Waals surface area contributed by atoms with Crippen LogP contribution in [-0.2, 0) is 10.0 Å². The Morgan fingerprint density at radius 1 is 1.28 bits per heavy atom. The summed E-state index contributed by atoms with van der Waals surface area (Å²) in [5.41, 5.74) is 6.09. The molecular weight excluding hydrogens is 316 g/mol. The van der Waals surface area contributed by atoms with Crippen molar-refractivity contribution in [1.29, 1.82) is 0 Å². The van der Waals surface area contributed by atoms with E-state index < -0.39 is 10.0 Å². The van der Waals surface area contributed by atoms with Crippen LogP contribution in [0.4, 0.5) is 5.69 Å². The lowest BCUT2D eigenvalue weighted by atomic mass is 10.2. The van der Waals surface area contributed by atoms with Gasteiger partial charge in [0.1, 0.15) is 0 Å². The lowest BCUT2D eigenvalue weighted by Crippen LogP contribution is -2.24. The minimum Gasteiger partial charge on any atom is -0.398 e. The van der Waals surface area contributed by atoms with Crippen LogP contribution in [0.2, 0.25) is 0 Å². The maximum Gasteiger partial charge on any atom is 0.240 e. The van der Waals surface area contributed by atoms with Crippen molar-refractivity contribution >= 4 is 31.6 Å². The number of halogens is 1. The van der Waals surface area contributed by atoms with Crippen LogP contribution < -0.4 is 10.5 Å². The molecular formula is C12H19BrN2O2S. The fourth-order valence-electron chi connectivity index (χ4n) is 1.53. The summed E-state index contributed by atoms with van der Waals surface area (Å²) in [6.07, 6.45) is 4.17. The number of nitrogen functional groups attached to an aromatic ring is 1. The number of unbranched alkanes of at least 4 members (excludes halogenated alkanes) is 3. The van der Waals surface area contributed by atoms with E-state index in [0.717, 1.165) is 25.7 Å². The summed E-state index contributed by atoms with van der Waals surface area (Å²) in [6.45, 7) is 2.59. The van der Waals surface area contributed by atoms with Crippen LogP contribution in [0, 0.1) is 0 Å². The molecule has 18 heavy (non-hydrogen) atoms. The fraction of sp³-hybridized carbons (Fsp3) is 0.500. The van der Waals surface area contributed by atoms with Crippen LogP contribution in [-0.4, -0.2) is 15.0 Å². The van der Waals surface area contributed by atoms with E-state index in [1.807, 2.05) is 0 Å². The smallest absolute Gasteiger partial charge is 0.240 e. The van der Waals surface area contributed by atoms with Gasteiger partial charge in [-0.05, 0) is 40.5 Å². The molecule has 0 saturated carbocycles. The molecule has 3 N–H and O–H groups in total. The molecule has 0 bridgehead atoms. The Bertz CT molecular complexity index is 489. The van der Waals surface area contributed by atoms with Crippen LogP contribution >= 0.6 is 15.9 Å². The van der Waals surface area contributed by atoms with Crippen molar-refractivity contribution < 1.29 is 8.42 Å². The second kappa shape index (κ2) is 7.11. The highest BCUT2D eigenvalue weighted by atomic mass is 79.9. The molecule has 6 heteroatoms. The summed E-state index contributed by atoms with van der Waals surface area (Å²) < 4.78 is 27.2. The van der Waals surface area contributed by atoms with Crippen LogP contribution in [0.3, 0.4) is 0 Å². The summed E-state index contributed by atoms with van der Waals surface area (Å²) in [7, 11) is -3.44. The monoisotopic (exact) mass is 334 g/mol. The Hall–Kier alpha value is -0.590. The van der Waals surface area contributed by atoms with Crippen LogP contribution in [0.15, 0.2) is 27.6 Å². The summed E-state index contributed by atoms with van der Waals surface area (Å²) in [4.78, 5) is 0.207. The topological polar surface area (TPSA) is 72.2 Å². The fourth-order valence-corrected chi connectivity index (χ4v) is 2.89. The molecule has 0 spiro atoms. The van der Waals surface area contributed by atoms with Gasteiger partial charge >= 0.3 is 0 Å². The molecule has 0 saturated heterocycles. The van der Waals surface area contributed by atoms with Gasteiger partial charge in [-0.1, -0.05) is 26.2 Å². The third kappa shape index (κ3) is 4.59. The Morgan fingerprint density at radius 2 is 2.00 bits per heavy atom. The molecule has 1 aromatic carbocycles. The Kier molecular flexibility index (Phi) is 6.11. The highest BCUT2D eigenvalue weighted by Gasteiger charge is 2.14. The lowest BCUT2D eigenvalue weighted by Gasteiger charge is -2.08. The Labute approximate surface area is 117 Å². The molecule has 1 aromatic rings. The number of nitrogens with two attached hydrogens (primary N) is 1. The molecule has 4 nitrogen and oxygen atoms in total. The predicted octanol–water partition coefficient (Wildman–Crippen LogP) is 2.89. The summed E-state index contributed by atoms with van der Waals surface area (Å²) >= 11 is 3.24. The zero-order valence-electron chi connectivity index (χ0n) is 10.4. The molecule has 0 amide bonds. The number of benzene rings is 1. The average Bonchev–Trinajstić information content (AvgIpc) is 2.32. The molecule has 0 unspecified atom stereocenters. The highest BCUT2D eigenvalue weighted by molar-refractivity contribution is 9.10. The molecule has 0 fully saturated rings. The summed E-state index contributed by atoms with van der Waals surface area (Å²) in [5, 5.41) is 0. The van der Waals surface area contributed by atoms with Crippen LogP contribution in [0.1, 0.15) is 32.6 Å². The van der Waals surface area contributed by atoms with Crippen molar-refractivity contribution in [3.8, 4) is 0 Å². The number of anilines is 1. The van der Waals surface area contributed by atoms with E-state index in [2.05, 4.69) is 27.6 Å². The second-order valence-corrected chi connectivity index (χ2v) is 6.76. The van der Waals surface area contributed by atoms with Gasteiger partial charge in [-0.3, -0.25) is 0 Å². The van der Waals surface area contributed by atoms with Gasteiger partial charge in [0, 0.05) is 16.7 Å². The first-order chi connectivity index (χ1) is 8.47. The van der Waals surface area contributed by atoms with Gasteiger partial charge in [0.05, 0.1) is 4.90 Å². The third-order valence-corrected chi connectivity index (χ3v) is 4.78. The maximum absolute atomic E-state index is 11.9. The molecule has 0 radical (unpaired) electrons. The van der Waals surface area contributed by atoms with Crippen molar-refractivity contribution in [3.05, 3.63) is 22.7 Å². The minimum atomic E-state index is -3.44. The van der Waals surface area contributed by atoms with Crippen molar-refractivity contribution in [3.63, 3.8) is 0 Å². The molecule has 1 rings (SSSR count). The van der Waals surface area contributed by atoms with Gasteiger partial charge in [-0.15, -0.1) is 0 Å². The first-order valence-electron chi connectivity index (χ1n) is 6.02. The van der Waals surface area contributed by atoms with Gasteiger partial charge in [0.2, 0.25) is 10.0 Å². The second-order valence-electron chi connectivity index (χ2n) is 4.14. The van der Waals surface area contributed by atoms with Crippen molar-refractivity contribution in [2.24, 2.45) is 0 Å². The number of sulfonamides is 1. The number of hydrogen-bond acceptors (Lipinski definition) is 3. The maximum atomic E-state index is 11.9. The Morgan fingerprint density at radius 3 is 2.61 bits per heavy atom. The highest BCUT2D eigenvalue weighted by Crippen LogP contribution is 2.22. The van der Waals surface area contributed by atoms with Gasteiger partial charge in [-0.2, -0.15) is 0 Å². The van der Waals surface area contributed by atoms with E-state index in [1.54, 1.807) is 6.07 Å².